The number of carbonyl (C=O) groups is 1. The average Bonchev–Trinajstić information content (AvgIpc) is 3.38. The monoisotopic (exact) mass is 552 g/mol. The van der Waals surface area contributed by atoms with E-state index in [9.17, 15) is 14.7 Å². The Morgan fingerprint density at radius 2 is 1.84 bits per heavy atom. The van der Waals surface area contributed by atoms with Crippen LogP contribution in [0.4, 0.5) is 0 Å². The molecule has 1 N–H and O–H groups in total. The van der Waals surface area contributed by atoms with Crippen LogP contribution in [0, 0.1) is 5.92 Å². The van der Waals surface area contributed by atoms with Gasteiger partial charge in [0, 0.05) is 42.8 Å². The predicted molar refractivity (Wildman–Crippen MR) is 144 cm³/mol. The van der Waals surface area contributed by atoms with Crippen molar-refractivity contribution in [2.45, 2.75) is 25.3 Å². The Kier molecular flexibility index (Phi) is 7.87. The second-order valence-corrected chi connectivity index (χ2v) is 10.1. The molecule has 3 heterocycles. The van der Waals surface area contributed by atoms with Gasteiger partial charge in [0.25, 0.3) is 5.56 Å². The molecular weight excluding hydrogens is 527 g/mol. The molecule has 38 heavy (non-hydrogen) atoms. The highest BCUT2D eigenvalue weighted by Gasteiger charge is 2.30. The molecule has 9 nitrogen and oxygen atoms in total. The molecule has 0 aliphatic carbocycles. The van der Waals surface area contributed by atoms with E-state index >= 15 is 0 Å². The van der Waals surface area contributed by atoms with Gasteiger partial charge in [-0.2, -0.15) is 0 Å². The quantitative estimate of drug-likeness (QED) is 0.373. The van der Waals surface area contributed by atoms with Crippen molar-refractivity contribution in [1.29, 1.82) is 0 Å². The summed E-state index contributed by atoms with van der Waals surface area (Å²) in [6.45, 7) is 1.20. The van der Waals surface area contributed by atoms with E-state index in [0.29, 0.717) is 41.5 Å². The van der Waals surface area contributed by atoms with Gasteiger partial charge in [-0.05, 0) is 42.5 Å². The normalized spacial score (nSPS) is 15.0. The first-order valence-corrected chi connectivity index (χ1v) is 13.1. The minimum atomic E-state index is -0.759. The Labute approximate surface area is 229 Å². The van der Waals surface area contributed by atoms with Gasteiger partial charge in [0.15, 0.2) is 5.15 Å². The van der Waals surface area contributed by atoms with Crippen LogP contribution in [0.3, 0.4) is 0 Å². The van der Waals surface area contributed by atoms with E-state index in [-0.39, 0.29) is 29.1 Å². The minimum absolute atomic E-state index is 0.118. The van der Waals surface area contributed by atoms with Crippen LogP contribution in [-0.2, 0) is 11.2 Å². The second-order valence-electron chi connectivity index (χ2n) is 9.32. The zero-order valence-electron chi connectivity index (χ0n) is 20.5. The molecule has 196 valence electrons. The highest BCUT2D eigenvalue weighted by Crippen LogP contribution is 2.28. The van der Waals surface area contributed by atoms with Crippen molar-refractivity contribution in [3.05, 3.63) is 93.2 Å². The van der Waals surface area contributed by atoms with Crippen LogP contribution in [-0.4, -0.2) is 60.2 Å². The number of rotatable bonds is 7. The van der Waals surface area contributed by atoms with Crippen LogP contribution < -0.4 is 5.56 Å². The van der Waals surface area contributed by atoms with Crippen molar-refractivity contribution >= 4 is 29.1 Å². The molecule has 1 fully saturated rings. The van der Waals surface area contributed by atoms with Crippen molar-refractivity contribution in [3.63, 3.8) is 0 Å². The highest BCUT2D eigenvalue weighted by molar-refractivity contribution is 6.31. The van der Waals surface area contributed by atoms with Crippen molar-refractivity contribution < 1.29 is 9.90 Å². The molecule has 0 radical (unpaired) electrons. The molecule has 1 amide bonds. The van der Waals surface area contributed by atoms with Crippen LogP contribution in [0.25, 0.3) is 16.9 Å². The van der Waals surface area contributed by atoms with E-state index in [1.54, 1.807) is 29.3 Å². The fourth-order valence-corrected chi connectivity index (χ4v) is 5.05. The number of benzene rings is 2. The number of halogens is 2. The van der Waals surface area contributed by atoms with Gasteiger partial charge in [-0.25, -0.2) is 9.67 Å². The molecule has 1 aliphatic rings. The second kappa shape index (κ2) is 11.5. The summed E-state index contributed by atoms with van der Waals surface area (Å²) in [5, 5.41) is 18.0. The van der Waals surface area contributed by atoms with Gasteiger partial charge in [-0.3, -0.25) is 14.2 Å². The Balaban J connectivity index is 1.51. The summed E-state index contributed by atoms with van der Waals surface area (Å²) in [6.07, 6.45) is 4.78. The third kappa shape index (κ3) is 5.65. The lowest BCUT2D eigenvalue weighted by Crippen LogP contribution is -2.45. The molecule has 0 bridgehead atoms. The highest BCUT2D eigenvalue weighted by atomic mass is 35.5. The van der Waals surface area contributed by atoms with Crippen molar-refractivity contribution in [1.82, 2.24) is 29.4 Å². The van der Waals surface area contributed by atoms with Crippen molar-refractivity contribution in [2.24, 2.45) is 5.92 Å². The first kappa shape index (κ1) is 26.1. The molecule has 0 spiro atoms. The van der Waals surface area contributed by atoms with E-state index in [4.69, 9.17) is 23.2 Å². The molecule has 1 unspecified atom stereocenters. The zero-order chi connectivity index (χ0) is 26.6. The van der Waals surface area contributed by atoms with Gasteiger partial charge in [0.2, 0.25) is 5.91 Å². The molecule has 1 aliphatic heterocycles. The van der Waals surface area contributed by atoms with Gasteiger partial charge in [0.05, 0.1) is 23.9 Å². The number of aromatic nitrogens is 5. The third-order valence-corrected chi connectivity index (χ3v) is 7.27. The Hall–Kier alpha value is -3.53. The van der Waals surface area contributed by atoms with E-state index in [1.165, 1.54) is 21.6 Å². The predicted octanol–water partition coefficient (Wildman–Crippen LogP) is 3.81. The fourth-order valence-electron chi connectivity index (χ4n) is 4.75. The van der Waals surface area contributed by atoms with Gasteiger partial charge < -0.3 is 10.0 Å². The Morgan fingerprint density at radius 3 is 2.50 bits per heavy atom. The lowest BCUT2D eigenvalue weighted by Gasteiger charge is -2.34. The molecule has 0 saturated carbocycles. The summed E-state index contributed by atoms with van der Waals surface area (Å²) in [7, 11) is 0. The molecule has 1 atom stereocenters. The number of nitrogens with zero attached hydrogens (tertiary/aromatic N) is 6. The number of aliphatic hydroxyl groups excluding tert-OH is 1. The van der Waals surface area contributed by atoms with Crippen LogP contribution in [0.1, 0.15) is 24.4 Å². The maximum Gasteiger partial charge on any atom is 0.254 e. The summed E-state index contributed by atoms with van der Waals surface area (Å²) in [5.41, 5.74) is 2.12. The van der Waals surface area contributed by atoms with Gasteiger partial charge in [-0.15, -0.1) is 5.10 Å². The zero-order valence-corrected chi connectivity index (χ0v) is 22.0. The third-order valence-electron chi connectivity index (χ3n) is 6.86. The molecule has 2 aromatic carbocycles. The number of aliphatic hydroxyl groups is 1. The van der Waals surface area contributed by atoms with Crippen molar-refractivity contribution in [3.8, 4) is 16.9 Å². The Bertz CT molecular complexity index is 1480. The smallest absolute Gasteiger partial charge is 0.254 e. The summed E-state index contributed by atoms with van der Waals surface area (Å²) in [6, 6.07) is 15.4. The van der Waals surface area contributed by atoms with Crippen LogP contribution in [0.5, 0.6) is 0 Å². The molecule has 4 aromatic rings. The minimum Gasteiger partial charge on any atom is -0.396 e. The number of amides is 1. The van der Waals surface area contributed by atoms with E-state index in [2.05, 4.69) is 15.3 Å². The molecule has 2 aromatic heterocycles. The largest absolute Gasteiger partial charge is 0.396 e. The standard InChI is InChI=1S/C27H26Cl2N6O3/c28-20-6-7-23(35-15-25(29)31-32-35)21(13-20)22-14-26(37)34(17-30-22)24(12-18-4-2-1-3-5-18)27(38)33-10-8-19(16-36)9-11-33/h1-7,13-15,17,19,24,36H,8-12,16H2. The van der Waals surface area contributed by atoms with Crippen molar-refractivity contribution in [2.75, 3.05) is 19.7 Å². The van der Waals surface area contributed by atoms with Crippen LogP contribution >= 0.6 is 23.2 Å². The van der Waals surface area contributed by atoms with E-state index < -0.39 is 6.04 Å². The number of likely N-dealkylation sites (tertiary alicyclic amines) is 1. The number of hydrogen-bond donors (Lipinski definition) is 1. The number of piperidine rings is 1. The van der Waals surface area contributed by atoms with Gasteiger partial charge in [-0.1, -0.05) is 58.7 Å². The maximum absolute atomic E-state index is 13.7. The lowest BCUT2D eigenvalue weighted by atomic mass is 9.96. The van der Waals surface area contributed by atoms with Gasteiger partial charge >= 0.3 is 0 Å². The summed E-state index contributed by atoms with van der Waals surface area (Å²) in [5.74, 6) is 0.0599. The molecule has 11 heteroatoms. The van der Waals surface area contributed by atoms with Gasteiger partial charge in [0.1, 0.15) is 6.04 Å². The van der Waals surface area contributed by atoms with E-state index in [1.807, 2.05) is 30.3 Å². The summed E-state index contributed by atoms with van der Waals surface area (Å²) in [4.78, 5) is 33.6. The molecule has 5 rings (SSSR count). The number of hydrogen-bond acceptors (Lipinski definition) is 6. The topological polar surface area (TPSA) is 106 Å². The fraction of sp³-hybridized carbons (Fsp3) is 0.296. The molecular formula is C27H26Cl2N6O3. The average molecular weight is 553 g/mol. The SMILES string of the molecule is O=C(C(Cc1ccccc1)n1cnc(-c2cc(Cl)ccc2-n2cc(Cl)nn2)cc1=O)N1CCC(CO)CC1. The first-order valence-electron chi connectivity index (χ1n) is 12.3. The maximum atomic E-state index is 13.7. The first-order chi connectivity index (χ1) is 18.4. The summed E-state index contributed by atoms with van der Waals surface area (Å²) >= 11 is 12.2. The van der Waals surface area contributed by atoms with E-state index in [0.717, 1.165) is 18.4 Å². The van der Waals surface area contributed by atoms with Crippen LogP contribution in [0.2, 0.25) is 10.2 Å². The lowest BCUT2D eigenvalue weighted by molar-refractivity contribution is -0.136. The molecule has 1 saturated heterocycles. The summed E-state index contributed by atoms with van der Waals surface area (Å²) < 4.78 is 2.88. The Morgan fingerprint density at radius 1 is 1.08 bits per heavy atom. The number of carbonyl (C=O) groups excluding carboxylic acids is 1. The van der Waals surface area contributed by atoms with Crippen LogP contribution in [0.15, 0.2) is 71.9 Å².